The topological polar surface area (TPSA) is 269 Å². The van der Waals surface area contributed by atoms with Gasteiger partial charge in [-0.25, -0.2) is 9.59 Å². The molecule has 308 valence electrons. The summed E-state index contributed by atoms with van der Waals surface area (Å²) in [5.41, 5.74) is 11.8. The molecule has 1 aliphatic carbocycles. The summed E-state index contributed by atoms with van der Waals surface area (Å²) in [5.74, 6) is -5.36. The van der Waals surface area contributed by atoms with Gasteiger partial charge < -0.3 is 47.5 Å². The van der Waals surface area contributed by atoms with Crippen LogP contribution in [0.4, 0.5) is 4.79 Å². The summed E-state index contributed by atoms with van der Waals surface area (Å²) in [7, 11) is 0. The van der Waals surface area contributed by atoms with Gasteiger partial charge in [0.05, 0.1) is 0 Å². The van der Waals surface area contributed by atoms with E-state index in [2.05, 4.69) is 21.3 Å². The molecule has 1 aromatic rings. The van der Waals surface area contributed by atoms with Crippen LogP contribution in [0.1, 0.15) is 96.5 Å². The van der Waals surface area contributed by atoms with Crippen LogP contribution in [0.3, 0.4) is 0 Å². The Balaban J connectivity index is 1.76. The van der Waals surface area contributed by atoms with Crippen LogP contribution in [-0.4, -0.2) is 94.3 Å². The average Bonchev–Trinajstić information content (AvgIpc) is 3.66. The third kappa shape index (κ3) is 15.0. The van der Waals surface area contributed by atoms with Gasteiger partial charge in [-0.2, -0.15) is 0 Å². The maximum absolute atomic E-state index is 14.1. The van der Waals surface area contributed by atoms with E-state index in [1.54, 1.807) is 30.3 Å². The van der Waals surface area contributed by atoms with Crippen molar-refractivity contribution in [3.05, 3.63) is 48.0 Å². The Bertz CT molecular complexity index is 1560. The van der Waals surface area contributed by atoms with E-state index in [0.717, 1.165) is 38.2 Å². The number of rotatable bonds is 21. The van der Waals surface area contributed by atoms with Crippen molar-refractivity contribution >= 4 is 47.5 Å². The maximum atomic E-state index is 14.1. The van der Waals surface area contributed by atoms with Crippen molar-refractivity contribution in [2.45, 2.75) is 128 Å². The van der Waals surface area contributed by atoms with Crippen molar-refractivity contribution in [2.24, 2.45) is 23.3 Å². The normalized spacial score (nSPS) is 18.0. The third-order valence-electron chi connectivity index (χ3n) is 9.90. The Labute approximate surface area is 327 Å². The number of primary amides is 2. The first-order chi connectivity index (χ1) is 26.7. The second kappa shape index (κ2) is 22.8. The zero-order valence-electron chi connectivity index (χ0n) is 32.2. The Morgan fingerprint density at radius 3 is 2.14 bits per heavy atom. The Morgan fingerprint density at radius 1 is 0.839 bits per heavy atom. The molecule has 56 heavy (non-hydrogen) atoms. The van der Waals surface area contributed by atoms with E-state index in [9.17, 15) is 38.4 Å². The molecule has 0 radical (unpaired) electrons. The fraction of sp³-hybridized carbons (Fsp3) is 0.590. The molecule has 1 saturated carbocycles. The lowest BCUT2D eigenvalue weighted by Crippen LogP contribution is -2.59. The van der Waals surface area contributed by atoms with Crippen LogP contribution in [0, 0.1) is 11.8 Å². The van der Waals surface area contributed by atoms with Crippen molar-refractivity contribution in [1.82, 2.24) is 26.2 Å². The predicted molar refractivity (Wildman–Crippen MR) is 204 cm³/mol. The number of aliphatic carboxylic acids is 1. The molecule has 5 atom stereocenters. The number of allylic oxidation sites excluding steroid dienone is 1. The monoisotopic (exact) mass is 783 g/mol. The van der Waals surface area contributed by atoms with Gasteiger partial charge in [-0.1, -0.05) is 69.5 Å². The van der Waals surface area contributed by atoms with Crippen LogP contribution in [0.2, 0.25) is 0 Å². The van der Waals surface area contributed by atoms with Crippen LogP contribution >= 0.6 is 0 Å². The van der Waals surface area contributed by atoms with E-state index >= 15 is 0 Å². The van der Waals surface area contributed by atoms with E-state index in [1.807, 2.05) is 13.8 Å². The number of alkyl carbamates (subject to hydrolysis) is 1. The summed E-state index contributed by atoms with van der Waals surface area (Å²) in [4.78, 5) is 104. The number of amides is 7. The van der Waals surface area contributed by atoms with Crippen LogP contribution in [-0.2, 0) is 44.9 Å². The maximum Gasteiger partial charge on any atom is 0.408 e. The van der Waals surface area contributed by atoms with Crippen LogP contribution in [0.25, 0.3) is 0 Å². The van der Waals surface area contributed by atoms with Crippen molar-refractivity contribution < 1.29 is 48.2 Å². The number of ether oxygens (including phenoxy) is 1. The number of carboxylic acid groups (broad SMARTS) is 1. The summed E-state index contributed by atoms with van der Waals surface area (Å²) < 4.78 is 5.27. The van der Waals surface area contributed by atoms with Crippen molar-refractivity contribution in [3.8, 4) is 0 Å². The number of likely N-dealkylation sites (tertiary alicyclic amines) is 1. The van der Waals surface area contributed by atoms with Gasteiger partial charge >= 0.3 is 12.1 Å². The van der Waals surface area contributed by atoms with Crippen molar-refractivity contribution in [2.75, 3.05) is 6.54 Å². The minimum atomic E-state index is -1.34. The molecule has 0 spiro atoms. The minimum absolute atomic E-state index is 0.0285. The molecule has 3 rings (SSSR count). The fourth-order valence-electron chi connectivity index (χ4n) is 7.06. The van der Waals surface area contributed by atoms with Crippen molar-refractivity contribution in [3.63, 3.8) is 0 Å². The van der Waals surface area contributed by atoms with Crippen LogP contribution in [0.5, 0.6) is 0 Å². The summed E-state index contributed by atoms with van der Waals surface area (Å²) in [6, 6.07) is 3.24. The Morgan fingerprint density at radius 2 is 1.52 bits per heavy atom. The van der Waals surface area contributed by atoms with Gasteiger partial charge in [0, 0.05) is 19.0 Å². The summed E-state index contributed by atoms with van der Waals surface area (Å²) in [6.07, 6.45) is 6.05. The number of carbonyl (C=O) groups excluding carboxylic acids is 7. The molecule has 9 N–H and O–H groups in total. The molecule has 17 nitrogen and oxygen atoms in total. The highest BCUT2D eigenvalue weighted by atomic mass is 16.5. The molecular weight excluding hydrogens is 726 g/mol. The molecule has 1 saturated heterocycles. The van der Waals surface area contributed by atoms with Crippen LogP contribution in [0.15, 0.2) is 42.5 Å². The number of hydrogen-bond acceptors (Lipinski definition) is 9. The highest BCUT2D eigenvalue weighted by molar-refractivity contribution is 5.96. The number of nitrogens with two attached hydrogens (primary N) is 2. The van der Waals surface area contributed by atoms with Gasteiger partial charge in [-0.3, -0.25) is 28.8 Å². The fourth-order valence-corrected chi connectivity index (χ4v) is 7.06. The molecule has 17 heteroatoms. The van der Waals surface area contributed by atoms with E-state index in [-0.39, 0.29) is 63.5 Å². The molecule has 1 aliphatic heterocycles. The summed E-state index contributed by atoms with van der Waals surface area (Å²) >= 11 is 0. The lowest BCUT2D eigenvalue weighted by atomic mass is 9.83. The standard InChI is InChI=1S/C39H57N7O10/c1-24(2)22-29(36(52)45-33(34(41)50)26-14-7-4-8-15-26)43-37(53)30-17-11-21-46(30)38(54)28(19-20-31(40)47)42-35(51)27(16-9-10-18-32(48)49)44-39(55)56-23-25-12-5-3-6-13-25/h3,5-6,10,12-13,18,24,26-30,33H,4,7-9,11,14-17,19-23H2,1-2H3,(H2,40,47)(H2,41,50)(H,42,51)(H,43,53)(H,44,55)(H,45,52)(H,48,49)/t27?,28?,29?,30-,33?/m0/s1. The first kappa shape index (κ1) is 44.9. The first-order valence-electron chi connectivity index (χ1n) is 19.3. The average molecular weight is 784 g/mol. The van der Waals surface area contributed by atoms with Gasteiger partial charge in [-0.05, 0) is 68.8 Å². The second-order valence-corrected chi connectivity index (χ2v) is 14.8. The molecule has 0 aromatic heterocycles. The molecule has 1 heterocycles. The van der Waals surface area contributed by atoms with Gasteiger partial charge in [0.25, 0.3) is 0 Å². The summed E-state index contributed by atoms with van der Waals surface area (Å²) in [6.45, 7) is 3.80. The first-order valence-corrected chi connectivity index (χ1v) is 19.3. The van der Waals surface area contributed by atoms with Gasteiger partial charge in [-0.15, -0.1) is 0 Å². The SMILES string of the molecule is CC(C)CC(NC(=O)[C@@H]1CCCN1C(=O)C(CCC(N)=O)NC(=O)C(CCC=CC(=O)O)NC(=O)OCc1ccccc1)C(=O)NC(C(N)=O)C1CCCCC1. The molecular formula is C39H57N7O10. The molecule has 1 aromatic carbocycles. The number of carbonyl (C=O) groups is 8. The Kier molecular flexibility index (Phi) is 18.3. The van der Waals surface area contributed by atoms with E-state index in [1.165, 1.54) is 11.0 Å². The highest BCUT2D eigenvalue weighted by Gasteiger charge is 2.40. The number of carboxylic acids is 1. The van der Waals surface area contributed by atoms with Crippen molar-refractivity contribution in [1.29, 1.82) is 0 Å². The number of benzene rings is 1. The predicted octanol–water partition coefficient (Wildman–Crippen LogP) is 1.53. The largest absolute Gasteiger partial charge is 0.478 e. The van der Waals surface area contributed by atoms with Crippen LogP contribution < -0.4 is 32.7 Å². The zero-order chi connectivity index (χ0) is 41.2. The lowest BCUT2D eigenvalue weighted by molar-refractivity contribution is -0.142. The van der Waals surface area contributed by atoms with Gasteiger partial charge in [0.15, 0.2) is 0 Å². The van der Waals surface area contributed by atoms with Gasteiger partial charge in [0.2, 0.25) is 35.4 Å². The minimum Gasteiger partial charge on any atom is -0.478 e. The molecule has 7 amide bonds. The Hall–Kier alpha value is -5.48. The lowest BCUT2D eigenvalue weighted by Gasteiger charge is -2.32. The molecule has 4 unspecified atom stereocenters. The number of nitrogens with zero attached hydrogens (tertiary/aromatic N) is 1. The number of nitrogens with one attached hydrogen (secondary N) is 4. The quantitative estimate of drug-likeness (QED) is 0.0884. The third-order valence-corrected chi connectivity index (χ3v) is 9.90. The van der Waals surface area contributed by atoms with E-state index in [0.29, 0.717) is 12.0 Å². The molecule has 2 aliphatic rings. The van der Waals surface area contributed by atoms with E-state index < -0.39 is 77.7 Å². The second-order valence-electron chi connectivity index (χ2n) is 14.8. The summed E-state index contributed by atoms with van der Waals surface area (Å²) in [5, 5.41) is 19.6. The van der Waals surface area contributed by atoms with Gasteiger partial charge in [0.1, 0.15) is 36.8 Å². The smallest absolute Gasteiger partial charge is 0.408 e. The number of hydrogen-bond donors (Lipinski definition) is 7. The zero-order valence-corrected chi connectivity index (χ0v) is 32.2. The highest BCUT2D eigenvalue weighted by Crippen LogP contribution is 2.27. The molecule has 0 bridgehead atoms. The van der Waals surface area contributed by atoms with E-state index in [4.69, 9.17) is 21.3 Å². The molecule has 2 fully saturated rings.